The van der Waals surface area contributed by atoms with Gasteiger partial charge in [-0.3, -0.25) is 24.6 Å². The number of nitro benzene ring substituents is 1. The van der Waals surface area contributed by atoms with E-state index in [0.29, 0.717) is 30.8 Å². The second kappa shape index (κ2) is 7.87. The van der Waals surface area contributed by atoms with Crippen molar-refractivity contribution in [3.8, 4) is 0 Å². The second-order valence-corrected chi connectivity index (χ2v) is 5.89. The average molecular weight is 335 g/mol. The quantitative estimate of drug-likeness (QED) is 0.608. The molecule has 1 unspecified atom stereocenters. The van der Waals surface area contributed by atoms with E-state index in [9.17, 15) is 24.8 Å². The lowest BCUT2D eigenvalue weighted by atomic mass is 10.0. The topological polar surface area (TPSA) is 113 Å². The molecule has 0 bridgehead atoms. The number of rotatable bonds is 6. The summed E-state index contributed by atoms with van der Waals surface area (Å²) in [6.45, 7) is 2.61. The summed E-state index contributed by atoms with van der Waals surface area (Å²) in [6.07, 6.45) is 2.55. The van der Waals surface area contributed by atoms with Gasteiger partial charge in [-0.15, -0.1) is 0 Å². The Balaban J connectivity index is 1.95. The van der Waals surface area contributed by atoms with Crippen LogP contribution in [-0.2, 0) is 9.59 Å². The minimum atomic E-state index is -0.857. The van der Waals surface area contributed by atoms with E-state index in [2.05, 4.69) is 5.32 Å². The van der Waals surface area contributed by atoms with Gasteiger partial charge in [0.05, 0.1) is 16.2 Å². The fourth-order valence-electron chi connectivity index (χ4n) is 2.95. The standard InChI is InChI=1S/C16H21N3O5/c1-11-12(5-4-7-13(11)19(23)24)17-15(20)8-10-18-9-3-2-6-14(18)16(21)22/h4-5,7,14H,2-3,6,8-10H2,1H3,(H,17,20)(H,21,22). The number of carboxylic acids is 1. The summed E-state index contributed by atoms with van der Waals surface area (Å²) in [5, 5.41) is 22.8. The minimum absolute atomic E-state index is 0.0465. The molecule has 8 nitrogen and oxygen atoms in total. The van der Waals surface area contributed by atoms with Crippen molar-refractivity contribution in [1.82, 2.24) is 4.90 Å². The van der Waals surface area contributed by atoms with Gasteiger partial charge in [-0.25, -0.2) is 0 Å². The van der Waals surface area contributed by atoms with E-state index >= 15 is 0 Å². The molecular weight excluding hydrogens is 314 g/mol. The van der Waals surface area contributed by atoms with Gasteiger partial charge in [0.15, 0.2) is 0 Å². The summed E-state index contributed by atoms with van der Waals surface area (Å²) in [4.78, 5) is 35.6. The third kappa shape index (κ3) is 4.29. The van der Waals surface area contributed by atoms with E-state index in [-0.39, 0.29) is 18.0 Å². The van der Waals surface area contributed by atoms with Crippen molar-refractivity contribution in [3.05, 3.63) is 33.9 Å². The Morgan fingerprint density at radius 1 is 1.42 bits per heavy atom. The third-order valence-electron chi connectivity index (χ3n) is 4.30. The molecule has 8 heteroatoms. The van der Waals surface area contributed by atoms with Crippen LogP contribution in [0.25, 0.3) is 0 Å². The van der Waals surface area contributed by atoms with Gasteiger partial charge >= 0.3 is 5.97 Å². The average Bonchev–Trinajstić information content (AvgIpc) is 2.54. The molecule has 1 heterocycles. The maximum absolute atomic E-state index is 12.1. The Hall–Kier alpha value is -2.48. The summed E-state index contributed by atoms with van der Waals surface area (Å²) in [5.74, 6) is -1.14. The SMILES string of the molecule is Cc1c(NC(=O)CCN2CCCCC2C(=O)O)cccc1[N+](=O)[O-]. The molecule has 0 saturated carbocycles. The number of aliphatic carboxylic acids is 1. The number of nitro groups is 1. The number of piperidine rings is 1. The van der Waals surface area contributed by atoms with Crippen molar-refractivity contribution in [1.29, 1.82) is 0 Å². The highest BCUT2D eigenvalue weighted by Gasteiger charge is 2.28. The normalized spacial score (nSPS) is 18.1. The molecule has 1 saturated heterocycles. The van der Waals surface area contributed by atoms with Crippen LogP contribution in [0.4, 0.5) is 11.4 Å². The van der Waals surface area contributed by atoms with Gasteiger partial charge in [0.2, 0.25) is 5.91 Å². The molecule has 1 aliphatic heterocycles. The number of hydrogen-bond donors (Lipinski definition) is 2. The number of amides is 1. The summed E-state index contributed by atoms with van der Waals surface area (Å²) < 4.78 is 0. The molecule has 1 aromatic carbocycles. The lowest BCUT2D eigenvalue weighted by Gasteiger charge is -2.32. The van der Waals surface area contributed by atoms with E-state index in [1.165, 1.54) is 12.1 Å². The van der Waals surface area contributed by atoms with Crippen LogP contribution in [0.15, 0.2) is 18.2 Å². The maximum Gasteiger partial charge on any atom is 0.320 e. The van der Waals surface area contributed by atoms with E-state index in [1.54, 1.807) is 13.0 Å². The predicted octanol–water partition coefficient (Wildman–Crippen LogP) is 2.17. The molecule has 130 valence electrons. The van der Waals surface area contributed by atoms with Crippen LogP contribution in [0.5, 0.6) is 0 Å². The summed E-state index contributed by atoms with van der Waals surface area (Å²) >= 11 is 0. The zero-order chi connectivity index (χ0) is 17.7. The highest BCUT2D eigenvalue weighted by atomic mass is 16.6. The van der Waals surface area contributed by atoms with Gasteiger partial charge in [-0.1, -0.05) is 12.5 Å². The molecule has 1 aliphatic rings. The van der Waals surface area contributed by atoms with E-state index < -0.39 is 16.9 Å². The van der Waals surface area contributed by atoms with Gasteiger partial charge in [-0.05, 0) is 32.4 Å². The first-order chi connectivity index (χ1) is 11.4. The zero-order valence-corrected chi connectivity index (χ0v) is 13.5. The first kappa shape index (κ1) is 17.9. The van der Waals surface area contributed by atoms with Crippen LogP contribution < -0.4 is 5.32 Å². The first-order valence-electron chi connectivity index (χ1n) is 7.91. The van der Waals surface area contributed by atoms with Crippen molar-refractivity contribution in [2.24, 2.45) is 0 Å². The Bertz CT molecular complexity index is 647. The van der Waals surface area contributed by atoms with Gasteiger partial charge in [-0.2, -0.15) is 0 Å². The molecule has 1 fully saturated rings. The minimum Gasteiger partial charge on any atom is -0.480 e. The van der Waals surface area contributed by atoms with Crippen LogP contribution in [0, 0.1) is 17.0 Å². The maximum atomic E-state index is 12.1. The molecular formula is C16H21N3O5. The molecule has 24 heavy (non-hydrogen) atoms. The Kier molecular flexibility index (Phi) is 5.86. The molecule has 1 atom stereocenters. The van der Waals surface area contributed by atoms with E-state index in [0.717, 1.165) is 12.8 Å². The number of nitrogens with zero attached hydrogens (tertiary/aromatic N) is 2. The molecule has 0 aromatic heterocycles. The van der Waals surface area contributed by atoms with Crippen LogP contribution >= 0.6 is 0 Å². The number of carbonyl (C=O) groups is 2. The molecule has 0 aliphatic carbocycles. The predicted molar refractivity (Wildman–Crippen MR) is 87.9 cm³/mol. The molecule has 1 aromatic rings. The lowest BCUT2D eigenvalue weighted by molar-refractivity contribution is -0.385. The van der Waals surface area contributed by atoms with Crippen molar-refractivity contribution in [3.63, 3.8) is 0 Å². The van der Waals surface area contributed by atoms with Crippen LogP contribution in [0.1, 0.15) is 31.2 Å². The van der Waals surface area contributed by atoms with Gasteiger partial charge < -0.3 is 10.4 Å². The van der Waals surface area contributed by atoms with Crippen LogP contribution in [-0.4, -0.2) is 45.9 Å². The van der Waals surface area contributed by atoms with Gasteiger partial charge in [0.25, 0.3) is 5.69 Å². The second-order valence-electron chi connectivity index (χ2n) is 5.89. The molecule has 0 radical (unpaired) electrons. The van der Waals surface area contributed by atoms with E-state index in [1.807, 2.05) is 4.90 Å². The first-order valence-corrected chi connectivity index (χ1v) is 7.91. The van der Waals surface area contributed by atoms with Gasteiger partial charge in [0.1, 0.15) is 6.04 Å². The number of anilines is 1. The number of carbonyl (C=O) groups excluding carboxylic acids is 1. The number of carboxylic acid groups (broad SMARTS) is 1. The Labute approximate surface area is 139 Å². The van der Waals surface area contributed by atoms with Crippen molar-refractivity contribution in [2.45, 2.75) is 38.6 Å². The number of hydrogen-bond acceptors (Lipinski definition) is 5. The van der Waals surface area contributed by atoms with Gasteiger partial charge in [0, 0.05) is 19.0 Å². The highest BCUT2D eigenvalue weighted by Crippen LogP contribution is 2.25. The number of nitrogens with one attached hydrogen (secondary N) is 1. The Morgan fingerprint density at radius 3 is 2.83 bits per heavy atom. The summed E-state index contributed by atoms with van der Waals surface area (Å²) in [6, 6.07) is 3.98. The largest absolute Gasteiger partial charge is 0.480 e. The molecule has 2 rings (SSSR count). The van der Waals surface area contributed by atoms with Crippen LogP contribution in [0.3, 0.4) is 0 Å². The lowest BCUT2D eigenvalue weighted by Crippen LogP contribution is -2.45. The highest BCUT2D eigenvalue weighted by molar-refractivity contribution is 5.92. The Morgan fingerprint density at radius 2 is 2.17 bits per heavy atom. The van der Waals surface area contributed by atoms with Crippen molar-refractivity contribution < 1.29 is 19.6 Å². The van der Waals surface area contributed by atoms with Crippen molar-refractivity contribution >= 4 is 23.3 Å². The zero-order valence-electron chi connectivity index (χ0n) is 13.5. The fourth-order valence-corrected chi connectivity index (χ4v) is 2.95. The van der Waals surface area contributed by atoms with E-state index in [4.69, 9.17) is 0 Å². The third-order valence-corrected chi connectivity index (χ3v) is 4.30. The smallest absolute Gasteiger partial charge is 0.320 e. The fraction of sp³-hybridized carbons (Fsp3) is 0.500. The molecule has 1 amide bonds. The monoisotopic (exact) mass is 335 g/mol. The van der Waals surface area contributed by atoms with Crippen molar-refractivity contribution in [2.75, 3.05) is 18.4 Å². The summed E-state index contributed by atoms with van der Waals surface area (Å²) in [5.41, 5.74) is 0.759. The molecule has 0 spiro atoms. The molecule has 2 N–H and O–H groups in total. The number of benzene rings is 1. The summed E-state index contributed by atoms with van der Waals surface area (Å²) in [7, 11) is 0. The number of likely N-dealkylation sites (tertiary alicyclic amines) is 1. The van der Waals surface area contributed by atoms with Crippen LogP contribution in [0.2, 0.25) is 0 Å².